The first-order valence-corrected chi connectivity index (χ1v) is 6.24. The molecule has 0 bridgehead atoms. The van der Waals surface area contributed by atoms with Crippen LogP contribution in [0.1, 0.15) is 10.5 Å². The SMILES string of the molecule is COCC1COCC2Nn3ccc(=O)c(O)c3C(=O)N12. The lowest BCUT2D eigenvalue weighted by Crippen LogP contribution is -2.64. The van der Waals surface area contributed by atoms with Crippen LogP contribution in [0.3, 0.4) is 0 Å². The largest absolute Gasteiger partial charge is 0.502 e. The Kier molecular flexibility index (Phi) is 3.11. The molecular weight excluding hydrogens is 266 g/mol. The van der Waals surface area contributed by atoms with Crippen LogP contribution in [0.4, 0.5) is 0 Å². The first-order valence-electron chi connectivity index (χ1n) is 6.24. The summed E-state index contributed by atoms with van der Waals surface area (Å²) in [5.41, 5.74) is 2.39. The van der Waals surface area contributed by atoms with Gasteiger partial charge < -0.3 is 24.9 Å². The third kappa shape index (κ3) is 1.84. The number of aromatic hydroxyl groups is 1. The molecule has 0 spiro atoms. The number of nitrogens with one attached hydrogen (secondary N) is 1. The van der Waals surface area contributed by atoms with Crippen molar-refractivity contribution in [2.24, 2.45) is 0 Å². The van der Waals surface area contributed by atoms with Crippen molar-refractivity contribution in [3.8, 4) is 5.75 Å². The number of fused-ring (bicyclic) bond motifs is 2. The summed E-state index contributed by atoms with van der Waals surface area (Å²) in [5, 5.41) is 9.84. The minimum absolute atomic E-state index is 0.0586. The summed E-state index contributed by atoms with van der Waals surface area (Å²) in [5.74, 6) is -0.958. The van der Waals surface area contributed by atoms with Gasteiger partial charge in [0.25, 0.3) is 5.91 Å². The molecule has 108 valence electrons. The van der Waals surface area contributed by atoms with E-state index in [0.717, 1.165) is 0 Å². The zero-order valence-corrected chi connectivity index (χ0v) is 10.9. The van der Waals surface area contributed by atoms with Crippen molar-refractivity contribution in [3.63, 3.8) is 0 Å². The summed E-state index contributed by atoms with van der Waals surface area (Å²) in [6.07, 6.45) is 1.07. The summed E-state index contributed by atoms with van der Waals surface area (Å²) in [4.78, 5) is 25.6. The van der Waals surface area contributed by atoms with Crippen LogP contribution in [-0.2, 0) is 9.47 Å². The Morgan fingerprint density at radius 3 is 3.05 bits per heavy atom. The maximum atomic E-state index is 12.6. The average molecular weight is 281 g/mol. The number of methoxy groups -OCH3 is 1. The zero-order chi connectivity index (χ0) is 14.3. The van der Waals surface area contributed by atoms with E-state index >= 15 is 0 Å². The molecule has 2 aliphatic rings. The normalized spacial score (nSPS) is 24.9. The third-order valence-corrected chi connectivity index (χ3v) is 3.47. The van der Waals surface area contributed by atoms with Crippen molar-refractivity contribution < 1.29 is 19.4 Å². The topological polar surface area (TPSA) is 93.0 Å². The lowest BCUT2D eigenvalue weighted by Gasteiger charge is -2.45. The molecule has 0 saturated carbocycles. The molecule has 2 atom stereocenters. The zero-order valence-electron chi connectivity index (χ0n) is 10.9. The van der Waals surface area contributed by atoms with Crippen LogP contribution >= 0.6 is 0 Å². The van der Waals surface area contributed by atoms with Gasteiger partial charge in [-0.1, -0.05) is 0 Å². The van der Waals surface area contributed by atoms with Crippen LogP contribution in [0.2, 0.25) is 0 Å². The standard InChI is InChI=1S/C12H15N3O5/c1-19-4-7-5-20-6-9-13-14-3-2-8(16)11(17)10(14)12(18)15(7)9/h2-3,7,9,13,17H,4-6H2,1H3. The first-order chi connectivity index (χ1) is 9.63. The van der Waals surface area contributed by atoms with Gasteiger partial charge in [0.2, 0.25) is 5.43 Å². The predicted molar refractivity (Wildman–Crippen MR) is 68.2 cm³/mol. The molecule has 1 aromatic rings. The Balaban J connectivity index is 2.05. The summed E-state index contributed by atoms with van der Waals surface area (Å²) in [6, 6.07) is 0.938. The van der Waals surface area contributed by atoms with Gasteiger partial charge in [-0.05, 0) is 0 Å². The fraction of sp³-hybridized carbons (Fsp3) is 0.500. The summed E-state index contributed by atoms with van der Waals surface area (Å²) in [7, 11) is 1.54. The maximum absolute atomic E-state index is 12.6. The summed E-state index contributed by atoms with van der Waals surface area (Å²) in [6.45, 7) is 1.01. The van der Waals surface area contributed by atoms with E-state index in [1.165, 1.54) is 16.9 Å². The van der Waals surface area contributed by atoms with E-state index in [2.05, 4.69) is 5.43 Å². The molecule has 2 aliphatic heterocycles. The molecule has 1 saturated heterocycles. The average Bonchev–Trinajstić information content (AvgIpc) is 2.43. The highest BCUT2D eigenvalue weighted by Gasteiger charge is 2.41. The van der Waals surface area contributed by atoms with E-state index < -0.39 is 17.1 Å². The quantitative estimate of drug-likeness (QED) is 0.716. The third-order valence-electron chi connectivity index (χ3n) is 3.47. The fourth-order valence-corrected chi connectivity index (χ4v) is 2.58. The number of carbonyl (C=O) groups is 1. The van der Waals surface area contributed by atoms with Gasteiger partial charge in [0.1, 0.15) is 6.17 Å². The number of morpholine rings is 1. The Hall–Kier alpha value is -2.06. The van der Waals surface area contributed by atoms with E-state index in [1.807, 2.05) is 0 Å². The fourth-order valence-electron chi connectivity index (χ4n) is 2.58. The molecule has 2 unspecified atom stereocenters. The van der Waals surface area contributed by atoms with Crippen LogP contribution in [0.5, 0.6) is 5.75 Å². The number of hydrogen-bond acceptors (Lipinski definition) is 6. The highest BCUT2D eigenvalue weighted by atomic mass is 16.5. The number of ether oxygens (including phenoxy) is 2. The highest BCUT2D eigenvalue weighted by Crippen LogP contribution is 2.24. The van der Waals surface area contributed by atoms with E-state index in [1.54, 1.807) is 12.0 Å². The Morgan fingerprint density at radius 1 is 1.50 bits per heavy atom. The van der Waals surface area contributed by atoms with Crippen molar-refractivity contribution in [3.05, 3.63) is 28.2 Å². The van der Waals surface area contributed by atoms with E-state index in [0.29, 0.717) is 19.8 Å². The van der Waals surface area contributed by atoms with Gasteiger partial charge in [-0.3, -0.25) is 14.3 Å². The molecule has 1 amide bonds. The van der Waals surface area contributed by atoms with Crippen molar-refractivity contribution in [2.45, 2.75) is 12.2 Å². The molecule has 0 aliphatic carbocycles. The number of hydrogen-bond donors (Lipinski definition) is 2. The van der Waals surface area contributed by atoms with E-state index in [-0.39, 0.29) is 17.9 Å². The molecule has 0 aromatic carbocycles. The van der Waals surface area contributed by atoms with Gasteiger partial charge in [0, 0.05) is 19.4 Å². The lowest BCUT2D eigenvalue weighted by atomic mass is 10.1. The molecule has 3 heterocycles. The van der Waals surface area contributed by atoms with Gasteiger partial charge in [-0.25, -0.2) is 0 Å². The number of pyridine rings is 1. The first kappa shape index (κ1) is 12.9. The van der Waals surface area contributed by atoms with Crippen LogP contribution in [-0.4, -0.2) is 59.7 Å². The lowest BCUT2D eigenvalue weighted by molar-refractivity contribution is -0.0557. The summed E-state index contributed by atoms with van der Waals surface area (Å²) >= 11 is 0. The molecule has 1 aromatic heterocycles. The highest BCUT2D eigenvalue weighted by molar-refractivity contribution is 5.96. The van der Waals surface area contributed by atoms with Crippen LogP contribution < -0.4 is 10.9 Å². The molecule has 3 rings (SSSR count). The monoisotopic (exact) mass is 281 g/mol. The van der Waals surface area contributed by atoms with Gasteiger partial charge in [0.05, 0.1) is 25.9 Å². The number of carbonyl (C=O) groups excluding carboxylic acids is 1. The van der Waals surface area contributed by atoms with E-state index in [4.69, 9.17) is 9.47 Å². The molecule has 8 nitrogen and oxygen atoms in total. The number of nitrogens with zero attached hydrogens (tertiary/aromatic N) is 2. The second kappa shape index (κ2) is 4.80. The van der Waals surface area contributed by atoms with Gasteiger partial charge in [0.15, 0.2) is 11.4 Å². The van der Waals surface area contributed by atoms with Crippen LogP contribution in [0.15, 0.2) is 17.1 Å². The molecular formula is C12H15N3O5. The van der Waals surface area contributed by atoms with Crippen molar-refractivity contribution in [1.29, 1.82) is 0 Å². The Labute approximate surface area is 114 Å². The number of amides is 1. The Morgan fingerprint density at radius 2 is 2.30 bits per heavy atom. The molecule has 2 N–H and O–H groups in total. The van der Waals surface area contributed by atoms with Crippen LogP contribution in [0.25, 0.3) is 0 Å². The van der Waals surface area contributed by atoms with Gasteiger partial charge >= 0.3 is 0 Å². The second-order valence-corrected chi connectivity index (χ2v) is 4.75. The van der Waals surface area contributed by atoms with Crippen molar-refractivity contribution >= 4 is 5.91 Å². The predicted octanol–water partition coefficient (Wildman–Crippen LogP) is -1.08. The van der Waals surface area contributed by atoms with Crippen LogP contribution in [0, 0.1) is 0 Å². The van der Waals surface area contributed by atoms with Gasteiger partial charge in [-0.2, -0.15) is 0 Å². The van der Waals surface area contributed by atoms with Crippen molar-refractivity contribution in [1.82, 2.24) is 9.58 Å². The summed E-state index contributed by atoms with van der Waals surface area (Å²) < 4.78 is 11.9. The van der Waals surface area contributed by atoms with Crippen molar-refractivity contribution in [2.75, 3.05) is 32.4 Å². The number of rotatable bonds is 2. The second-order valence-electron chi connectivity index (χ2n) is 4.75. The minimum Gasteiger partial charge on any atom is -0.502 e. The number of aromatic nitrogens is 1. The smallest absolute Gasteiger partial charge is 0.278 e. The molecule has 20 heavy (non-hydrogen) atoms. The Bertz CT molecular complexity index is 597. The molecule has 1 fully saturated rings. The molecule has 8 heteroatoms. The maximum Gasteiger partial charge on any atom is 0.278 e. The van der Waals surface area contributed by atoms with Gasteiger partial charge in [-0.15, -0.1) is 0 Å². The minimum atomic E-state index is -0.582. The van der Waals surface area contributed by atoms with E-state index in [9.17, 15) is 14.7 Å². The molecule has 0 radical (unpaired) electrons.